The van der Waals surface area contributed by atoms with Gasteiger partial charge in [0.15, 0.2) is 0 Å². The van der Waals surface area contributed by atoms with Crippen LogP contribution >= 0.6 is 7.82 Å². The van der Waals surface area contributed by atoms with Crippen molar-refractivity contribution in [1.82, 2.24) is 12.3 Å². The number of para-hydroxylation sites is 1. The molecule has 1 aromatic rings. The Morgan fingerprint density at radius 1 is 0.897 bits per heavy atom. The molecule has 8 N–H and O–H groups in total. The molecule has 0 aliphatic rings. The van der Waals surface area contributed by atoms with Gasteiger partial charge in [0.2, 0.25) is 0 Å². The number of unbranched alkanes of at least 4 members (excludes halogenated alkanes) is 7. The monoisotopic (exact) mass is 436 g/mol. The molecule has 9 heteroatoms. The van der Waals surface area contributed by atoms with Crippen molar-refractivity contribution in [2.45, 2.75) is 70.8 Å². The summed E-state index contributed by atoms with van der Waals surface area (Å²) in [5.41, 5.74) is 0. The molecule has 0 saturated carbocycles. The van der Waals surface area contributed by atoms with E-state index in [2.05, 4.69) is 11.4 Å². The molecule has 0 saturated heterocycles. The summed E-state index contributed by atoms with van der Waals surface area (Å²) >= 11 is 0. The smallest absolute Gasteiger partial charge is 0.469 e. The Kier molecular flexibility index (Phi) is 19.8. The lowest BCUT2D eigenvalue weighted by Crippen LogP contribution is -2.24. The Balaban J connectivity index is 0. The highest BCUT2D eigenvalue weighted by molar-refractivity contribution is 7.46. The first-order valence-corrected chi connectivity index (χ1v) is 11.5. The second kappa shape index (κ2) is 19.0. The van der Waals surface area contributed by atoms with Crippen LogP contribution in [0.3, 0.4) is 0 Å². The van der Waals surface area contributed by atoms with Crippen molar-refractivity contribution >= 4 is 7.82 Å². The van der Waals surface area contributed by atoms with Gasteiger partial charge >= 0.3 is 7.82 Å². The zero-order valence-corrected chi connectivity index (χ0v) is 18.7. The number of hydrogen-bond donors (Lipinski definition) is 4. The topological polar surface area (TPSA) is 155 Å². The van der Waals surface area contributed by atoms with Gasteiger partial charge in [0.1, 0.15) is 11.9 Å². The van der Waals surface area contributed by atoms with Crippen LogP contribution in [0.25, 0.3) is 0 Å². The zero-order chi connectivity index (χ0) is 19.8. The van der Waals surface area contributed by atoms with E-state index in [0.717, 1.165) is 18.6 Å². The Morgan fingerprint density at radius 3 is 2.07 bits per heavy atom. The SMILES string of the molecule is CCCCCCCCCCC(COCCOP(=O)(O)O)Oc1ccccc1.N.N. The van der Waals surface area contributed by atoms with E-state index in [0.29, 0.717) is 6.61 Å². The third-order valence-corrected chi connectivity index (χ3v) is 4.74. The first-order valence-electron chi connectivity index (χ1n) is 10.0. The van der Waals surface area contributed by atoms with Gasteiger partial charge in [0.05, 0.1) is 19.8 Å². The maximum atomic E-state index is 10.6. The van der Waals surface area contributed by atoms with E-state index in [9.17, 15) is 4.57 Å². The Hall–Kier alpha value is -0.990. The first-order chi connectivity index (χ1) is 13.0. The fraction of sp³-hybridized carbons (Fsp3) is 0.700. The summed E-state index contributed by atoms with van der Waals surface area (Å²) in [6.45, 7) is 2.58. The van der Waals surface area contributed by atoms with Crippen molar-refractivity contribution in [3.8, 4) is 5.75 Å². The zero-order valence-electron chi connectivity index (χ0n) is 17.8. The van der Waals surface area contributed by atoms with Crippen LogP contribution in [0.5, 0.6) is 5.75 Å². The van der Waals surface area contributed by atoms with Gasteiger partial charge in [0, 0.05) is 0 Å². The fourth-order valence-electron chi connectivity index (χ4n) is 2.80. The highest BCUT2D eigenvalue weighted by Gasteiger charge is 2.14. The van der Waals surface area contributed by atoms with Gasteiger partial charge in [-0.15, -0.1) is 0 Å². The maximum Gasteiger partial charge on any atom is 0.469 e. The van der Waals surface area contributed by atoms with Crippen LogP contribution in [0.15, 0.2) is 30.3 Å². The minimum atomic E-state index is -4.43. The molecule has 1 rings (SSSR count). The molecule has 0 aliphatic heterocycles. The quantitative estimate of drug-likeness (QED) is 0.186. The lowest BCUT2D eigenvalue weighted by Gasteiger charge is -2.19. The summed E-state index contributed by atoms with van der Waals surface area (Å²) in [6, 6.07) is 9.63. The van der Waals surface area contributed by atoms with Gasteiger partial charge in [-0.1, -0.05) is 70.1 Å². The molecule has 0 amide bonds. The van der Waals surface area contributed by atoms with Crippen molar-refractivity contribution in [3.63, 3.8) is 0 Å². The number of benzene rings is 1. The van der Waals surface area contributed by atoms with Crippen LogP contribution in [0.1, 0.15) is 64.7 Å². The summed E-state index contributed by atoms with van der Waals surface area (Å²) in [6.07, 6.45) is 10.9. The van der Waals surface area contributed by atoms with Gasteiger partial charge in [-0.3, -0.25) is 4.52 Å². The molecule has 0 fully saturated rings. The predicted octanol–water partition coefficient (Wildman–Crippen LogP) is 5.41. The minimum absolute atomic E-state index is 0. The third-order valence-electron chi connectivity index (χ3n) is 4.22. The molecule has 172 valence electrons. The normalized spacial score (nSPS) is 12.0. The van der Waals surface area contributed by atoms with Crippen molar-refractivity contribution < 1.29 is 28.3 Å². The standard InChI is InChI=1S/C20H35O6P.2H3N/c1-2-3-4-5-6-7-8-10-15-20(26-19-13-11-9-12-14-19)18-24-16-17-25-27(21,22)23;;/h9,11-14,20H,2-8,10,15-18H2,1H3,(H2,21,22,23);2*1H3. The molecule has 29 heavy (non-hydrogen) atoms. The minimum Gasteiger partial charge on any atom is -0.488 e. The van der Waals surface area contributed by atoms with Crippen LogP contribution in [0.2, 0.25) is 0 Å². The van der Waals surface area contributed by atoms with Gasteiger partial charge in [-0.25, -0.2) is 4.57 Å². The number of phosphoric acid groups is 1. The number of hydrogen-bond acceptors (Lipinski definition) is 6. The molecule has 0 bridgehead atoms. The van der Waals surface area contributed by atoms with Crippen LogP contribution in [0, 0.1) is 0 Å². The summed E-state index contributed by atoms with van der Waals surface area (Å²) < 4.78 is 26.5. The van der Waals surface area contributed by atoms with Crippen LogP contribution < -0.4 is 17.0 Å². The van der Waals surface area contributed by atoms with E-state index in [-0.39, 0.29) is 31.6 Å². The summed E-state index contributed by atoms with van der Waals surface area (Å²) in [7, 11) is -4.43. The summed E-state index contributed by atoms with van der Waals surface area (Å²) in [5, 5.41) is 0. The van der Waals surface area contributed by atoms with Crippen molar-refractivity contribution in [2.24, 2.45) is 0 Å². The van der Waals surface area contributed by atoms with Gasteiger partial charge in [-0.05, 0) is 25.0 Å². The summed E-state index contributed by atoms with van der Waals surface area (Å²) in [4.78, 5) is 17.3. The first kappa shape index (κ1) is 30.2. The highest BCUT2D eigenvalue weighted by Crippen LogP contribution is 2.35. The van der Waals surface area contributed by atoms with E-state index in [4.69, 9.17) is 19.3 Å². The van der Waals surface area contributed by atoms with Crippen LogP contribution in [-0.4, -0.2) is 35.7 Å². The molecule has 1 aromatic carbocycles. The fourth-order valence-corrected chi connectivity index (χ4v) is 3.12. The van der Waals surface area contributed by atoms with Crippen molar-refractivity contribution in [1.29, 1.82) is 0 Å². The molecule has 0 spiro atoms. The van der Waals surface area contributed by atoms with Crippen molar-refractivity contribution in [2.75, 3.05) is 19.8 Å². The molecule has 1 unspecified atom stereocenters. The molecular weight excluding hydrogens is 395 g/mol. The third kappa shape index (κ3) is 18.8. The number of rotatable bonds is 17. The average molecular weight is 437 g/mol. The second-order valence-electron chi connectivity index (χ2n) is 6.72. The largest absolute Gasteiger partial charge is 0.488 e. The lowest BCUT2D eigenvalue weighted by molar-refractivity contribution is 0.0272. The number of ether oxygens (including phenoxy) is 2. The molecule has 0 aliphatic carbocycles. The van der Waals surface area contributed by atoms with E-state index in [1.165, 1.54) is 44.9 Å². The second-order valence-corrected chi connectivity index (χ2v) is 7.95. The Bertz CT molecular complexity index is 515. The van der Waals surface area contributed by atoms with Crippen molar-refractivity contribution in [3.05, 3.63) is 30.3 Å². The predicted molar refractivity (Wildman–Crippen MR) is 117 cm³/mol. The van der Waals surface area contributed by atoms with E-state index in [1.54, 1.807) is 0 Å². The van der Waals surface area contributed by atoms with Crippen LogP contribution in [0.4, 0.5) is 0 Å². The molecule has 0 heterocycles. The molecule has 0 aromatic heterocycles. The highest BCUT2D eigenvalue weighted by atomic mass is 31.2. The maximum absolute atomic E-state index is 10.6. The van der Waals surface area contributed by atoms with E-state index < -0.39 is 7.82 Å². The Morgan fingerprint density at radius 2 is 1.48 bits per heavy atom. The van der Waals surface area contributed by atoms with E-state index in [1.807, 2.05) is 30.3 Å². The van der Waals surface area contributed by atoms with Gasteiger partial charge < -0.3 is 31.6 Å². The summed E-state index contributed by atoms with van der Waals surface area (Å²) in [5.74, 6) is 0.803. The molecule has 1 atom stereocenters. The lowest BCUT2D eigenvalue weighted by atomic mass is 10.1. The van der Waals surface area contributed by atoms with Gasteiger partial charge in [-0.2, -0.15) is 0 Å². The molecule has 0 radical (unpaired) electrons. The average Bonchev–Trinajstić information content (AvgIpc) is 2.63. The number of phosphoric ester groups is 1. The van der Waals surface area contributed by atoms with Crippen LogP contribution in [-0.2, 0) is 13.8 Å². The van der Waals surface area contributed by atoms with E-state index >= 15 is 0 Å². The molecular formula is C20H41N2O6P. The Labute approximate surface area is 175 Å². The molecule has 8 nitrogen and oxygen atoms in total. The van der Waals surface area contributed by atoms with Gasteiger partial charge in [0.25, 0.3) is 0 Å².